The maximum Gasteiger partial charge on any atom is 0.272 e. The summed E-state index contributed by atoms with van der Waals surface area (Å²) in [7, 11) is 1.54. The topological polar surface area (TPSA) is 82.5 Å². The lowest BCUT2D eigenvalue weighted by molar-refractivity contribution is -0.121. The van der Waals surface area contributed by atoms with Crippen LogP contribution in [0.2, 0.25) is 0 Å². The Morgan fingerprint density at radius 2 is 2.20 bits per heavy atom. The van der Waals surface area contributed by atoms with Crippen molar-refractivity contribution in [2.75, 3.05) is 26.7 Å². The SMILES string of the molecule is CCNC(=O)CN(C)C(=O)c1ccc(C#CCO)cn1. The van der Waals surface area contributed by atoms with Crippen molar-refractivity contribution in [3.8, 4) is 11.8 Å². The molecule has 0 aliphatic heterocycles. The minimum absolute atomic E-state index is 0.0135. The summed E-state index contributed by atoms with van der Waals surface area (Å²) in [5.74, 6) is 4.63. The van der Waals surface area contributed by atoms with Crippen LogP contribution in [0.1, 0.15) is 23.0 Å². The largest absolute Gasteiger partial charge is 0.384 e. The zero-order valence-electron chi connectivity index (χ0n) is 11.5. The van der Waals surface area contributed by atoms with Crippen LogP contribution >= 0.6 is 0 Å². The Morgan fingerprint density at radius 1 is 1.45 bits per heavy atom. The molecule has 106 valence electrons. The van der Waals surface area contributed by atoms with Gasteiger partial charge in [0.05, 0.1) is 6.54 Å². The van der Waals surface area contributed by atoms with E-state index in [2.05, 4.69) is 22.1 Å². The Hall–Kier alpha value is -2.39. The lowest BCUT2D eigenvalue weighted by atomic mass is 10.2. The van der Waals surface area contributed by atoms with Crippen LogP contribution in [0.5, 0.6) is 0 Å². The van der Waals surface area contributed by atoms with Crippen molar-refractivity contribution in [1.29, 1.82) is 0 Å². The van der Waals surface area contributed by atoms with Crippen LogP contribution < -0.4 is 5.32 Å². The number of hydrogen-bond donors (Lipinski definition) is 2. The zero-order chi connectivity index (χ0) is 15.0. The molecule has 0 unspecified atom stereocenters. The van der Waals surface area contributed by atoms with Gasteiger partial charge in [-0.1, -0.05) is 11.8 Å². The number of carbonyl (C=O) groups excluding carboxylic acids is 2. The summed E-state index contributed by atoms with van der Waals surface area (Å²) < 4.78 is 0. The third kappa shape index (κ3) is 4.71. The lowest BCUT2D eigenvalue weighted by Gasteiger charge is -2.15. The van der Waals surface area contributed by atoms with Gasteiger partial charge < -0.3 is 15.3 Å². The summed E-state index contributed by atoms with van der Waals surface area (Å²) in [6.45, 7) is 2.10. The molecule has 2 N–H and O–H groups in total. The number of likely N-dealkylation sites (N-methyl/N-ethyl adjacent to an activating group) is 2. The number of nitrogens with one attached hydrogen (secondary N) is 1. The number of aliphatic hydroxyl groups is 1. The molecule has 0 fully saturated rings. The zero-order valence-corrected chi connectivity index (χ0v) is 11.5. The van der Waals surface area contributed by atoms with Crippen LogP contribution in [0.25, 0.3) is 0 Å². The molecule has 6 nitrogen and oxygen atoms in total. The minimum Gasteiger partial charge on any atom is -0.384 e. The smallest absolute Gasteiger partial charge is 0.272 e. The first kappa shape index (κ1) is 15.7. The number of nitrogens with zero attached hydrogens (tertiary/aromatic N) is 2. The quantitative estimate of drug-likeness (QED) is 0.735. The van der Waals surface area contributed by atoms with E-state index in [-0.39, 0.29) is 30.7 Å². The van der Waals surface area contributed by atoms with Gasteiger partial charge in [0, 0.05) is 25.4 Å². The van der Waals surface area contributed by atoms with Gasteiger partial charge in [-0.15, -0.1) is 0 Å². The van der Waals surface area contributed by atoms with E-state index in [9.17, 15) is 9.59 Å². The highest BCUT2D eigenvalue weighted by Gasteiger charge is 2.15. The second-order valence-corrected chi connectivity index (χ2v) is 4.01. The van der Waals surface area contributed by atoms with Crippen LogP contribution in [0.15, 0.2) is 18.3 Å². The Bertz CT molecular complexity index is 529. The predicted octanol–water partition coefficient (Wildman–Crippen LogP) is -0.367. The van der Waals surface area contributed by atoms with E-state index in [1.807, 2.05) is 6.92 Å². The average molecular weight is 275 g/mol. The Labute approximate surface area is 117 Å². The fourth-order valence-electron chi connectivity index (χ4n) is 1.47. The first-order valence-electron chi connectivity index (χ1n) is 6.16. The molecule has 0 saturated carbocycles. The molecule has 0 radical (unpaired) electrons. The molecule has 0 atom stereocenters. The van der Waals surface area contributed by atoms with Crippen molar-refractivity contribution in [2.24, 2.45) is 0 Å². The molecule has 1 rings (SSSR count). The summed E-state index contributed by atoms with van der Waals surface area (Å²) in [5.41, 5.74) is 0.855. The number of amides is 2. The third-order valence-corrected chi connectivity index (χ3v) is 2.40. The summed E-state index contributed by atoms with van der Waals surface area (Å²) in [4.78, 5) is 28.7. The van der Waals surface area contributed by atoms with E-state index in [0.717, 1.165) is 0 Å². The number of hydrogen-bond acceptors (Lipinski definition) is 4. The highest BCUT2D eigenvalue weighted by Crippen LogP contribution is 2.02. The van der Waals surface area contributed by atoms with Gasteiger partial charge in [0.2, 0.25) is 5.91 Å². The summed E-state index contributed by atoms with van der Waals surface area (Å²) >= 11 is 0. The van der Waals surface area contributed by atoms with E-state index >= 15 is 0 Å². The molecule has 1 aromatic heterocycles. The molecular formula is C14H17N3O3. The van der Waals surface area contributed by atoms with Gasteiger partial charge in [0.15, 0.2) is 0 Å². The van der Waals surface area contributed by atoms with Crippen molar-refractivity contribution < 1.29 is 14.7 Å². The van der Waals surface area contributed by atoms with Gasteiger partial charge >= 0.3 is 0 Å². The summed E-state index contributed by atoms with van der Waals surface area (Å²) in [6.07, 6.45) is 1.45. The molecule has 6 heteroatoms. The number of carbonyl (C=O) groups is 2. The Morgan fingerprint density at radius 3 is 2.75 bits per heavy atom. The molecule has 0 aromatic carbocycles. The number of pyridine rings is 1. The van der Waals surface area contributed by atoms with Gasteiger partial charge in [-0.3, -0.25) is 9.59 Å². The van der Waals surface area contributed by atoms with E-state index in [1.165, 1.54) is 17.2 Å². The fourth-order valence-corrected chi connectivity index (χ4v) is 1.47. The molecule has 1 heterocycles. The molecular weight excluding hydrogens is 258 g/mol. The van der Waals surface area contributed by atoms with Crippen molar-refractivity contribution in [3.63, 3.8) is 0 Å². The van der Waals surface area contributed by atoms with Crippen molar-refractivity contribution in [1.82, 2.24) is 15.2 Å². The van der Waals surface area contributed by atoms with Crippen LogP contribution in [0, 0.1) is 11.8 Å². The third-order valence-electron chi connectivity index (χ3n) is 2.40. The van der Waals surface area contributed by atoms with Gasteiger partial charge in [-0.2, -0.15) is 0 Å². The van der Waals surface area contributed by atoms with Crippen LogP contribution in [-0.4, -0.2) is 53.5 Å². The van der Waals surface area contributed by atoms with Gasteiger partial charge in [-0.05, 0) is 19.1 Å². The maximum atomic E-state index is 12.0. The number of aliphatic hydroxyl groups excluding tert-OH is 1. The van der Waals surface area contributed by atoms with E-state index in [1.54, 1.807) is 13.1 Å². The molecule has 20 heavy (non-hydrogen) atoms. The van der Waals surface area contributed by atoms with Gasteiger partial charge in [-0.25, -0.2) is 4.98 Å². The highest BCUT2D eigenvalue weighted by atomic mass is 16.2. The van der Waals surface area contributed by atoms with Gasteiger partial charge in [0.1, 0.15) is 12.3 Å². The second-order valence-electron chi connectivity index (χ2n) is 4.01. The number of rotatable bonds is 4. The van der Waals surface area contributed by atoms with Crippen LogP contribution in [-0.2, 0) is 4.79 Å². The Balaban J connectivity index is 2.69. The molecule has 0 saturated heterocycles. The van der Waals surface area contributed by atoms with Crippen molar-refractivity contribution in [3.05, 3.63) is 29.6 Å². The van der Waals surface area contributed by atoms with Crippen LogP contribution in [0.3, 0.4) is 0 Å². The number of aromatic nitrogens is 1. The molecule has 2 amide bonds. The van der Waals surface area contributed by atoms with Gasteiger partial charge in [0.25, 0.3) is 5.91 Å². The molecule has 0 spiro atoms. The molecule has 0 aliphatic rings. The minimum atomic E-state index is -0.335. The lowest BCUT2D eigenvalue weighted by Crippen LogP contribution is -2.38. The van der Waals surface area contributed by atoms with Crippen molar-refractivity contribution >= 4 is 11.8 Å². The maximum absolute atomic E-state index is 12.0. The summed E-state index contributed by atoms with van der Waals surface area (Å²) in [5, 5.41) is 11.2. The average Bonchev–Trinajstić information content (AvgIpc) is 2.45. The second kappa shape index (κ2) is 7.92. The molecule has 0 aliphatic carbocycles. The van der Waals surface area contributed by atoms with Crippen molar-refractivity contribution in [2.45, 2.75) is 6.92 Å². The van der Waals surface area contributed by atoms with E-state index < -0.39 is 0 Å². The normalized spacial score (nSPS) is 9.35. The van der Waals surface area contributed by atoms with E-state index in [4.69, 9.17) is 5.11 Å². The fraction of sp³-hybridized carbons (Fsp3) is 0.357. The predicted molar refractivity (Wildman–Crippen MR) is 73.8 cm³/mol. The Kier molecular flexibility index (Phi) is 6.20. The molecule has 1 aromatic rings. The molecule has 0 bridgehead atoms. The summed E-state index contributed by atoms with van der Waals surface area (Å²) in [6, 6.07) is 3.18. The monoisotopic (exact) mass is 275 g/mol. The first-order chi connectivity index (χ1) is 9.58. The highest BCUT2D eigenvalue weighted by molar-refractivity contribution is 5.94. The first-order valence-corrected chi connectivity index (χ1v) is 6.16. The van der Waals surface area contributed by atoms with E-state index in [0.29, 0.717) is 12.1 Å². The standard InChI is InChI=1S/C14H17N3O3/c1-3-15-13(19)10-17(2)14(20)12-7-6-11(9-16-12)5-4-8-18/h6-7,9,18H,3,8,10H2,1-2H3,(H,15,19). The van der Waals surface area contributed by atoms with Crippen LogP contribution in [0.4, 0.5) is 0 Å².